The van der Waals surface area contributed by atoms with E-state index >= 15 is 0 Å². The van der Waals surface area contributed by atoms with E-state index in [0.29, 0.717) is 0 Å². The van der Waals surface area contributed by atoms with Crippen molar-refractivity contribution in [2.24, 2.45) is 0 Å². The molecule has 3 aliphatic rings. The molecule has 3 heterocycles. The van der Waals surface area contributed by atoms with Crippen molar-refractivity contribution in [3.63, 3.8) is 0 Å². The third kappa shape index (κ3) is 3.51. The monoisotopic (exact) mass is 378 g/mol. The zero-order valence-electron chi connectivity index (χ0n) is 14.9. The fraction of sp³-hybridized carbons (Fsp3) is 0.611. The van der Waals surface area contributed by atoms with Crippen molar-refractivity contribution in [3.05, 3.63) is 23.8 Å². The van der Waals surface area contributed by atoms with Crippen LogP contribution in [0.2, 0.25) is 0 Å². The Bertz CT molecular complexity index is 799. The second kappa shape index (κ2) is 7.26. The standard InChI is InChI=1S/C18H24N4O2S.H2O/c23-25-11-1-6-22(25)13-14-2-5-17-16(12-14)19-18(24-17)21-9-7-20(8-10-21)15-3-4-15;/h2,5,12,15H,1,3-4,6-11,13H2;1H2. The lowest BCUT2D eigenvalue weighted by Crippen LogP contribution is -2.47. The van der Waals surface area contributed by atoms with Crippen molar-refractivity contribution in [2.45, 2.75) is 31.8 Å². The van der Waals surface area contributed by atoms with Crippen molar-refractivity contribution in [1.29, 1.82) is 0 Å². The first-order chi connectivity index (χ1) is 12.3. The predicted molar refractivity (Wildman–Crippen MR) is 102 cm³/mol. The maximum absolute atomic E-state index is 11.9. The largest absolute Gasteiger partial charge is 0.423 e. The lowest BCUT2D eigenvalue weighted by Gasteiger charge is -2.33. The van der Waals surface area contributed by atoms with Crippen molar-refractivity contribution in [1.82, 2.24) is 14.2 Å². The normalized spacial score (nSPS) is 24.9. The smallest absolute Gasteiger partial charge is 0.298 e. The number of piperazine rings is 1. The number of anilines is 1. The Morgan fingerprint density at radius 1 is 1.15 bits per heavy atom. The summed E-state index contributed by atoms with van der Waals surface area (Å²) >= 11 is 0. The van der Waals surface area contributed by atoms with Gasteiger partial charge in [0, 0.05) is 51.1 Å². The first-order valence-electron chi connectivity index (χ1n) is 9.28. The number of rotatable bonds is 4. The van der Waals surface area contributed by atoms with Crippen molar-refractivity contribution < 1.29 is 14.1 Å². The Balaban J connectivity index is 0.00000168. The highest BCUT2D eigenvalue weighted by atomic mass is 32.2. The van der Waals surface area contributed by atoms with Crippen LogP contribution in [-0.2, 0) is 17.5 Å². The number of hydrogen-bond donors (Lipinski definition) is 0. The Hall–Kier alpha value is -1.48. The number of hydrogen-bond acceptors (Lipinski definition) is 5. The van der Waals surface area contributed by atoms with Crippen LogP contribution in [0.5, 0.6) is 0 Å². The maximum Gasteiger partial charge on any atom is 0.298 e. The summed E-state index contributed by atoms with van der Waals surface area (Å²) in [7, 11) is -0.819. The van der Waals surface area contributed by atoms with Crippen LogP contribution < -0.4 is 4.90 Å². The van der Waals surface area contributed by atoms with Gasteiger partial charge in [0.1, 0.15) is 5.52 Å². The highest BCUT2D eigenvalue weighted by Crippen LogP contribution is 2.29. The highest BCUT2D eigenvalue weighted by molar-refractivity contribution is 7.82. The highest BCUT2D eigenvalue weighted by Gasteiger charge is 2.32. The number of aromatic nitrogens is 1. The van der Waals surface area contributed by atoms with Crippen LogP contribution in [-0.4, -0.2) is 68.4 Å². The fourth-order valence-corrected chi connectivity index (χ4v) is 5.12. The SMILES string of the molecule is O.O=S1CCCN1Cc1ccc2oc(N3CCN(C4CC4)CC3)nc2c1. The Morgan fingerprint density at radius 3 is 2.65 bits per heavy atom. The molecule has 3 fully saturated rings. The van der Waals surface area contributed by atoms with Crippen molar-refractivity contribution in [3.8, 4) is 0 Å². The molecule has 1 aromatic carbocycles. The minimum absolute atomic E-state index is 0. The number of oxazole rings is 1. The summed E-state index contributed by atoms with van der Waals surface area (Å²) in [6, 6.07) is 7.73. The van der Waals surface area contributed by atoms with E-state index in [1.54, 1.807) is 0 Å². The van der Waals surface area contributed by atoms with Gasteiger partial charge in [-0.2, -0.15) is 4.98 Å². The van der Waals surface area contributed by atoms with Gasteiger partial charge in [-0.15, -0.1) is 0 Å². The zero-order chi connectivity index (χ0) is 16.8. The Labute approximate surface area is 155 Å². The van der Waals surface area contributed by atoms with E-state index < -0.39 is 11.0 Å². The van der Waals surface area contributed by atoms with Crippen LogP contribution in [0, 0.1) is 0 Å². The predicted octanol–water partition coefficient (Wildman–Crippen LogP) is 1.16. The van der Waals surface area contributed by atoms with E-state index in [4.69, 9.17) is 9.40 Å². The van der Waals surface area contributed by atoms with Gasteiger partial charge in [-0.05, 0) is 37.0 Å². The molecule has 1 aliphatic carbocycles. The first kappa shape index (κ1) is 17.9. The van der Waals surface area contributed by atoms with Gasteiger partial charge in [-0.3, -0.25) is 4.90 Å². The van der Waals surface area contributed by atoms with Gasteiger partial charge in [0.15, 0.2) is 5.58 Å². The van der Waals surface area contributed by atoms with Crippen LogP contribution in [0.4, 0.5) is 6.01 Å². The van der Waals surface area contributed by atoms with E-state index in [1.165, 1.54) is 12.8 Å². The second-order valence-electron chi connectivity index (χ2n) is 7.30. The van der Waals surface area contributed by atoms with Gasteiger partial charge < -0.3 is 14.8 Å². The van der Waals surface area contributed by atoms with Gasteiger partial charge in [0.05, 0.1) is 11.0 Å². The zero-order valence-corrected chi connectivity index (χ0v) is 15.7. The molecule has 0 radical (unpaired) electrons. The summed E-state index contributed by atoms with van der Waals surface area (Å²) in [5, 5.41) is 0. The summed E-state index contributed by atoms with van der Waals surface area (Å²) in [5.74, 6) is 0.795. The van der Waals surface area contributed by atoms with Gasteiger partial charge in [0.25, 0.3) is 6.01 Å². The van der Waals surface area contributed by atoms with Crippen LogP contribution in [0.15, 0.2) is 22.6 Å². The molecule has 0 spiro atoms. The van der Waals surface area contributed by atoms with E-state index in [9.17, 15) is 4.21 Å². The van der Waals surface area contributed by atoms with E-state index in [0.717, 1.165) is 80.2 Å². The molecule has 1 atom stereocenters. The first-order valence-corrected chi connectivity index (χ1v) is 10.6. The maximum atomic E-state index is 11.9. The molecule has 5 rings (SSSR count). The molecule has 1 aromatic heterocycles. The van der Waals surface area contributed by atoms with Crippen molar-refractivity contribution >= 4 is 28.1 Å². The summed E-state index contributed by atoms with van der Waals surface area (Å²) in [5.41, 5.74) is 2.90. The van der Waals surface area contributed by atoms with E-state index in [1.807, 2.05) is 10.4 Å². The minimum Gasteiger partial charge on any atom is -0.423 e. The molecule has 7 nitrogen and oxygen atoms in total. The minimum atomic E-state index is -0.819. The van der Waals surface area contributed by atoms with Crippen LogP contribution >= 0.6 is 0 Å². The third-order valence-electron chi connectivity index (χ3n) is 5.46. The van der Waals surface area contributed by atoms with Gasteiger partial charge in [-0.25, -0.2) is 8.51 Å². The second-order valence-corrected chi connectivity index (χ2v) is 8.86. The molecule has 1 unspecified atom stereocenters. The van der Waals surface area contributed by atoms with Gasteiger partial charge in [-0.1, -0.05) is 6.07 Å². The Morgan fingerprint density at radius 2 is 1.96 bits per heavy atom. The van der Waals surface area contributed by atoms with Crippen LogP contribution in [0.25, 0.3) is 11.1 Å². The topological polar surface area (TPSA) is 84.3 Å². The number of benzene rings is 1. The number of nitrogens with zero attached hydrogens (tertiary/aromatic N) is 4. The molecule has 2 aliphatic heterocycles. The average Bonchev–Trinajstić information content (AvgIpc) is 3.28. The quantitative estimate of drug-likeness (QED) is 0.797. The molecule has 2 aromatic rings. The molecular formula is C18H26N4O3S. The third-order valence-corrected chi connectivity index (χ3v) is 6.99. The molecule has 142 valence electrons. The average molecular weight is 378 g/mol. The molecule has 0 bridgehead atoms. The number of fused-ring (bicyclic) bond motifs is 1. The molecule has 1 saturated carbocycles. The molecule has 0 amide bonds. The Kier molecular flexibility index (Phi) is 5.00. The summed E-state index contributed by atoms with van der Waals surface area (Å²) in [6.07, 6.45) is 3.76. The van der Waals surface area contributed by atoms with Crippen LogP contribution in [0.1, 0.15) is 24.8 Å². The lowest BCUT2D eigenvalue weighted by atomic mass is 10.2. The van der Waals surface area contributed by atoms with Crippen LogP contribution in [0.3, 0.4) is 0 Å². The molecular weight excluding hydrogens is 352 g/mol. The molecule has 8 heteroatoms. The van der Waals surface area contributed by atoms with Gasteiger partial charge >= 0.3 is 0 Å². The molecule has 26 heavy (non-hydrogen) atoms. The summed E-state index contributed by atoms with van der Waals surface area (Å²) in [6.45, 7) is 5.83. The van der Waals surface area contributed by atoms with E-state index in [-0.39, 0.29) is 5.48 Å². The van der Waals surface area contributed by atoms with Crippen molar-refractivity contribution in [2.75, 3.05) is 43.4 Å². The molecule has 2 N–H and O–H groups in total. The summed E-state index contributed by atoms with van der Waals surface area (Å²) in [4.78, 5) is 9.57. The summed E-state index contributed by atoms with van der Waals surface area (Å²) < 4.78 is 20.0. The molecule has 2 saturated heterocycles. The fourth-order valence-electron chi connectivity index (χ4n) is 3.86. The van der Waals surface area contributed by atoms with E-state index in [2.05, 4.69) is 21.9 Å². The lowest BCUT2D eigenvalue weighted by molar-refractivity contribution is 0.244. The van der Waals surface area contributed by atoms with Gasteiger partial charge in [0.2, 0.25) is 0 Å².